The molecule has 1 aromatic carbocycles. The average molecular weight is 469 g/mol. The van der Waals surface area contributed by atoms with E-state index in [1.165, 1.54) is 24.3 Å². The van der Waals surface area contributed by atoms with Gasteiger partial charge in [-0.3, -0.25) is 9.59 Å². The third-order valence-electron chi connectivity index (χ3n) is 3.65. The van der Waals surface area contributed by atoms with Crippen molar-refractivity contribution in [1.82, 2.24) is 5.32 Å². The van der Waals surface area contributed by atoms with E-state index < -0.39 is 45.4 Å². The van der Waals surface area contributed by atoms with Crippen molar-refractivity contribution < 1.29 is 27.1 Å². The Morgan fingerprint density at radius 3 is 2.41 bits per heavy atom. The van der Waals surface area contributed by atoms with Crippen LogP contribution in [0.15, 0.2) is 34.3 Å². The minimum atomic E-state index is -3.47. The number of hydrogen-bond acceptors (Lipinski definition) is 6. The lowest BCUT2D eigenvalue weighted by Crippen LogP contribution is -2.44. The number of nitrogens with one attached hydrogen (secondary N) is 1. The highest BCUT2D eigenvalue weighted by molar-refractivity contribution is 7.90. The largest absolute Gasteiger partial charge is 0.455 e. The van der Waals surface area contributed by atoms with E-state index in [2.05, 4.69) is 15.3 Å². The Hall–Kier alpha value is -2.07. The summed E-state index contributed by atoms with van der Waals surface area (Å²) in [7, 11) is -3.47. The molecule has 0 aromatic heterocycles. The molecule has 0 saturated carbocycles. The minimum absolute atomic E-state index is 0.0168. The Morgan fingerprint density at radius 2 is 1.93 bits per heavy atom. The molecule has 13 heteroatoms. The second-order valence-corrected chi connectivity index (χ2v) is 8.99. The van der Waals surface area contributed by atoms with E-state index in [0.717, 1.165) is 6.26 Å². The van der Waals surface area contributed by atoms with Crippen LogP contribution in [0.25, 0.3) is 10.4 Å². The fraction of sp³-hybridized carbons (Fsp3) is 0.500. The Kier molecular flexibility index (Phi) is 10.2. The molecule has 0 aliphatic rings. The lowest BCUT2D eigenvalue weighted by Gasteiger charge is -2.26. The van der Waals surface area contributed by atoms with Gasteiger partial charge in [0.2, 0.25) is 0 Å². The summed E-state index contributed by atoms with van der Waals surface area (Å²) in [5, 5.41) is 5.54. The van der Waals surface area contributed by atoms with Crippen molar-refractivity contribution >= 4 is 44.9 Å². The molecule has 1 aromatic rings. The van der Waals surface area contributed by atoms with Crippen LogP contribution in [0.3, 0.4) is 0 Å². The minimum Gasteiger partial charge on any atom is -0.455 e. The van der Waals surface area contributed by atoms with Crippen LogP contribution in [0.5, 0.6) is 0 Å². The highest BCUT2D eigenvalue weighted by Gasteiger charge is 2.30. The van der Waals surface area contributed by atoms with Gasteiger partial charge in [0.25, 0.3) is 5.91 Å². The number of nitrogens with zero attached hydrogens (tertiary/aromatic N) is 3. The Labute approximate surface area is 177 Å². The third-order valence-corrected chi connectivity index (χ3v) is 5.18. The molecule has 0 saturated heterocycles. The van der Waals surface area contributed by atoms with Gasteiger partial charge in [0.1, 0.15) is 12.8 Å². The fourth-order valence-corrected chi connectivity index (χ4v) is 3.02. The van der Waals surface area contributed by atoms with Gasteiger partial charge >= 0.3 is 5.97 Å². The van der Waals surface area contributed by atoms with Gasteiger partial charge in [-0.05, 0) is 29.6 Å². The molecular weight excluding hydrogens is 450 g/mol. The van der Waals surface area contributed by atoms with Gasteiger partial charge in [0, 0.05) is 24.1 Å². The topological polar surface area (TPSA) is 138 Å². The molecule has 1 N–H and O–H groups in total. The predicted molar refractivity (Wildman–Crippen MR) is 105 cm³/mol. The van der Waals surface area contributed by atoms with Gasteiger partial charge in [-0.2, -0.15) is 0 Å². The summed E-state index contributed by atoms with van der Waals surface area (Å²) < 4.78 is 42.2. The molecule has 0 radical (unpaired) electrons. The zero-order valence-corrected chi connectivity index (χ0v) is 17.6. The monoisotopic (exact) mass is 468 g/mol. The van der Waals surface area contributed by atoms with Gasteiger partial charge in [0.05, 0.1) is 10.9 Å². The molecule has 1 amide bonds. The highest BCUT2D eigenvalue weighted by atomic mass is 35.5. The standard InChI is InChI=1S/C16H19Cl2FN4O5S/c1-29(26,27)11-6-4-10(5-7-11)14(12(9-19)22-16(25)15(17)18)28-13(24)3-2-8-21-23-20/h4-7,12,14-15H,2-3,8-9H2,1H3,(H,22,25)/t12-,14-/m1/s1. The molecule has 29 heavy (non-hydrogen) atoms. The quantitative estimate of drug-likeness (QED) is 0.133. The lowest BCUT2D eigenvalue weighted by atomic mass is 10.0. The van der Waals surface area contributed by atoms with Crippen molar-refractivity contribution in [3.8, 4) is 0 Å². The maximum absolute atomic E-state index is 13.6. The van der Waals surface area contributed by atoms with Gasteiger partial charge in [-0.25, -0.2) is 12.8 Å². The van der Waals surface area contributed by atoms with Crippen LogP contribution < -0.4 is 5.32 Å². The lowest BCUT2D eigenvalue weighted by molar-refractivity contribution is -0.152. The molecule has 0 unspecified atom stereocenters. The van der Waals surface area contributed by atoms with Gasteiger partial charge in [-0.15, -0.1) is 0 Å². The molecule has 160 valence electrons. The van der Waals surface area contributed by atoms with Crippen LogP contribution in [-0.2, 0) is 24.2 Å². The Morgan fingerprint density at radius 1 is 1.31 bits per heavy atom. The number of sulfone groups is 1. The van der Waals surface area contributed by atoms with Crippen LogP contribution in [0.2, 0.25) is 0 Å². The number of benzene rings is 1. The normalized spacial score (nSPS) is 13.3. The molecule has 0 bridgehead atoms. The molecule has 0 heterocycles. The summed E-state index contributed by atoms with van der Waals surface area (Å²) in [5.74, 6) is -1.61. The number of halogens is 3. The summed E-state index contributed by atoms with van der Waals surface area (Å²) in [6.07, 6.45) is -0.149. The first kappa shape index (κ1) is 25.0. The molecular formula is C16H19Cl2FN4O5S. The van der Waals surface area contributed by atoms with Crippen LogP contribution in [0, 0.1) is 0 Å². The van der Waals surface area contributed by atoms with Gasteiger partial charge in [0.15, 0.2) is 14.7 Å². The van der Waals surface area contributed by atoms with Crippen molar-refractivity contribution in [2.75, 3.05) is 19.5 Å². The third kappa shape index (κ3) is 8.45. The maximum Gasteiger partial charge on any atom is 0.306 e. The number of hydrogen-bond donors (Lipinski definition) is 1. The average Bonchev–Trinajstić information content (AvgIpc) is 2.67. The summed E-state index contributed by atoms with van der Waals surface area (Å²) in [6.45, 7) is -1.04. The van der Waals surface area contributed by atoms with E-state index >= 15 is 0 Å². The zero-order chi connectivity index (χ0) is 22.0. The smallest absolute Gasteiger partial charge is 0.306 e. The SMILES string of the molecule is CS(=O)(=O)c1ccc([C@@H](OC(=O)CCCN=[N+]=[N-])[C@@H](CF)NC(=O)C(Cl)Cl)cc1. The van der Waals surface area contributed by atoms with Crippen LogP contribution in [-0.4, -0.2) is 50.6 Å². The number of esters is 1. The van der Waals surface area contributed by atoms with E-state index in [9.17, 15) is 22.4 Å². The number of carbonyl (C=O) groups excluding carboxylic acids is 2. The molecule has 2 atom stereocenters. The molecule has 9 nitrogen and oxygen atoms in total. The first-order chi connectivity index (χ1) is 13.6. The van der Waals surface area contributed by atoms with Crippen molar-refractivity contribution in [1.29, 1.82) is 0 Å². The molecule has 0 aliphatic heterocycles. The molecule has 0 fully saturated rings. The molecule has 0 spiro atoms. The van der Waals surface area contributed by atoms with E-state index in [-0.39, 0.29) is 29.8 Å². The van der Waals surface area contributed by atoms with E-state index in [4.69, 9.17) is 33.5 Å². The van der Waals surface area contributed by atoms with Gasteiger partial charge in [-0.1, -0.05) is 40.4 Å². The summed E-state index contributed by atoms with van der Waals surface area (Å²) >= 11 is 10.9. The summed E-state index contributed by atoms with van der Waals surface area (Å²) in [6, 6.07) is 3.93. The Balaban J connectivity index is 3.10. The first-order valence-electron chi connectivity index (χ1n) is 8.25. The van der Waals surface area contributed by atoms with Crippen LogP contribution in [0.1, 0.15) is 24.5 Å². The number of rotatable bonds is 11. The number of azide groups is 1. The van der Waals surface area contributed by atoms with Crippen LogP contribution in [0.4, 0.5) is 4.39 Å². The molecule has 0 aliphatic carbocycles. The van der Waals surface area contributed by atoms with E-state index in [0.29, 0.717) is 0 Å². The first-order valence-corrected chi connectivity index (χ1v) is 11.0. The van der Waals surface area contributed by atoms with E-state index in [1.807, 2.05) is 0 Å². The van der Waals surface area contributed by atoms with Crippen molar-refractivity contribution in [3.63, 3.8) is 0 Å². The Bertz CT molecular complexity index is 861. The maximum atomic E-state index is 13.6. The van der Waals surface area contributed by atoms with Crippen molar-refractivity contribution in [2.45, 2.75) is 34.7 Å². The summed E-state index contributed by atoms with van der Waals surface area (Å²) in [4.78, 5) is 25.0. The van der Waals surface area contributed by atoms with E-state index in [1.54, 1.807) is 0 Å². The second kappa shape index (κ2) is 11.8. The van der Waals surface area contributed by atoms with Crippen molar-refractivity contribution in [3.05, 3.63) is 40.3 Å². The van der Waals surface area contributed by atoms with Crippen LogP contribution >= 0.6 is 23.2 Å². The second-order valence-electron chi connectivity index (χ2n) is 5.88. The van der Waals surface area contributed by atoms with Crippen molar-refractivity contribution in [2.24, 2.45) is 5.11 Å². The fourth-order valence-electron chi connectivity index (χ4n) is 2.27. The molecule has 1 rings (SSSR count). The predicted octanol–water partition coefficient (Wildman–Crippen LogP) is 3.02. The zero-order valence-electron chi connectivity index (χ0n) is 15.3. The summed E-state index contributed by atoms with van der Waals surface area (Å²) in [5.41, 5.74) is 8.49. The highest BCUT2D eigenvalue weighted by Crippen LogP contribution is 2.25. The number of amides is 1. The number of carbonyl (C=O) groups is 2. The number of alkyl halides is 3. The van der Waals surface area contributed by atoms with Gasteiger partial charge < -0.3 is 10.1 Å². The number of ether oxygens (including phenoxy) is 1.